The minimum absolute atomic E-state index is 0.112. The largest absolute Gasteiger partial charge is 0.453 e. The first-order valence-electron chi connectivity index (χ1n) is 17.0. The van der Waals surface area contributed by atoms with E-state index in [4.69, 9.17) is 9.47 Å². The summed E-state index contributed by atoms with van der Waals surface area (Å²) >= 11 is 1.50. The van der Waals surface area contributed by atoms with Crippen LogP contribution in [-0.2, 0) is 19.1 Å². The quantitative estimate of drug-likeness (QED) is 0.237. The van der Waals surface area contributed by atoms with Crippen LogP contribution in [0.1, 0.15) is 87.7 Å². The highest BCUT2D eigenvalue weighted by atomic mass is 32.1. The molecule has 270 valence electrons. The van der Waals surface area contributed by atoms with E-state index >= 15 is 0 Å². The summed E-state index contributed by atoms with van der Waals surface area (Å²) in [5.41, 5.74) is 1.41. The maximum absolute atomic E-state index is 13.5. The molecule has 3 aromatic heterocycles. The molecule has 0 radical (unpaired) electrons. The molecule has 3 aromatic rings. The number of imidazole rings is 2. The summed E-state index contributed by atoms with van der Waals surface area (Å²) in [5.74, 6) is 12.7. The normalized spacial score (nSPS) is 18.0. The molecule has 0 saturated carbocycles. The van der Waals surface area contributed by atoms with E-state index in [9.17, 15) is 19.2 Å². The van der Waals surface area contributed by atoms with Crippen LogP contribution >= 0.6 is 11.3 Å². The zero-order valence-corrected chi connectivity index (χ0v) is 30.5. The van der Waals surface area contributed by atoms with Gasteiger partial charge in [-0.15, -0.1) is 11.3 Å². The predicted octanol–water partition coefficient (Wildman–Crippen LogP) is 4.35. The van der Waals surface area contributed by atoms with Gasteiger partial charge in [-0.2, -0.15) is 0 Å². The SMILES string of the molecule is COC(=O)NC(C(=O)N1CCCC1c1ncc(-c2ccc(C#CC#Cc3cnc(C4CCCN4C(=O)[C@@H](NC(=O)OC)C(C)C)[nH]3)s2)[nH]1)C(C)C. The number of ether oxygens (including phenoxy) is 2. The van der Waals surface area contributed by atoms with Crippen molar-refractivity contribution in [1.82, 2.24) is 40.4 Å². The molecule has 0 aromatic carbocycles. The Morgan fingerprint density at radius 2 is 1.33 bits per heavy atom. The number of aromatic nitrogens is 4. The van der Waals surface area contributed by atoms with E-state index in [-0.39, 0.29) is 35.7 Å². The number of rotatable bonds is 9. The lowest BCUT2D eigenvalue weighted by Gasteiger charge is -2.30. The van der Waals surface area contributed by atoms with Crippen molar-refractivity contribution in [2.24, 2.45) is 11.8 Å². The number of thiophene rings is 1. The fourth-order valence-corrected chi connectivity index (χ4v) is 7.15. The summed E-state index contributed by atoms with van der Waals surface area (Å²) in [4.78, 5) is 71.6. The van der Waals surface area contributed by atoms with Gasteiger partial charge in [0.25, 0.3) is 0 Å². The van der Waals surface area contributed by atoms with Crippen molar-refractivity contribution >= 4 is 35.3 Å². The topological polar surface area (TPSA) is 175 Å². The standard InChI is InChI=1S/C36H44N8O6S/c1-21(2)29(41-35(47)49-5)33(45)43-17-9-13-26(43)31-37-19-23(39-31)11-7-8-12-24-15-16-28(51-24)25-20-38-32(40-25)27-14-10-18-44(27)34(46)30(22(3)4)42-36(48)50-6/h15-16,19-22,26-27,29-30H,9-10,13-14,17-18H2,1-6H3,(H,37,39)(H,38,40)(H,41,47)(H,42,48)/t26?,27?,29-,30?/m0/s1. The third kappa shape index (κ3) is 8.72. The molecule has 0 spiro atoms. The molecular formula is C36H44N8O6S. The van der Waals surface area contributed by atoms with Crippen LogP contribution in [0.2, 0.25) is 0 Å². The minimum atomic E-state index is -0.704. The van der Waals surface area contributed by atoms with Crippen LogP contribution in [0.4, 0.5) is 9.59 Å². The molecule has 2 aliphatic rings. The first-order chi connectivity index (χ1) is 24.5. The van der Waals surface area contributed by atoms with E-state index in [0.717, 1.165) is 41.1 Å². The average molecular weight is 717 g/mol. The fourth-order valence-electron chi connectivity index (χ4n) is 6.33. The van der Waals surface area contributed by atoms with Crippen molar-refractivity contribution in [3.63, 3.8) is 0 Å². The maximum Gasteiger partial charge on any atom is 0.407 e. The lowest BCUT2D eigenvalue weighted by molar-refractivity contribution is -0.136. The van der Waals surface area contributed by atoms with Crippen molar-refractivity contribution in [2.45, 2.75) is 77.5 Å². The number of likely N-dealkylation sites (tertiary alicyclic amines) is 2. The van der Waals surface area contributed by atoms with Gasteiger partial charge in [0.05, 0.1) is 54.1 Å². The van der Waals surface area contributed by atoms with Crippen LogP contribution in [0.15, 0.2) is 24.5 Å². The molecule has 15 heteroatoms. The van der Waals surface area contributed by atoms with Gasteiger partial charge in [-0.25, -0.2) is 19.6 Å². The molecule has 4 atom stereocenters. The second-order valence-electron chi connectivity index (χ2n) is 13.1. The third-order valence-corrected chi connectivity index (χ3v) is 10.0. The van der Waals surface area contributed by atoms with Crippen LogP contribution in [-0.4, -0.2) is 93.1 Å². The highest BCUT2D eigenvalue weighted by Gasteiger charge is 2.39. The zero-order chi connectivity index (χ0) is 36.7. The van der Waals surface area contributed by atoms with Crippen molar-refractivity contribution in [3.05, 3.63) is 46.7 Å². The second-order valence-corrected chi connectivity index (χ2v) is 14.2. The summed E-state index contributed by atoms with van der Waals surface area (Å²) in [6, 6.07) is 2.02. The van der Waals surface area contributed by atoms with Gasteiger partial charge in [0, 0.05) is 13.1 Å². The molecule has 0 bridgehead atoms. The number of amides is 4. The first-order valence-corrected chi connectivity index (χ1v) is 17.8. The van der Waals surface area contributed by atoms with Crippen LogP contribution in [0.3, 0.4) is 0 Å². The van der Waals surface area contributed by atoms with Crippen molar-refractivity contribution in [2.75, 3.05) is 27.3 Å². The number of alkyl carbamates (subject to hydrolysis) is 2. The smallest absolute Gasteiger partial charge is 0.407 e. The minimum Gasteiger partial charge on any atom is -0.453 e. The van der Waals surface area contributed by atoms with Gasteiger partial charge in [-0.05, 0) is 73.3 Å². The summed E-state index contributed by atoms with van der Waals surface area (Å²) < 4.78 is 9.44. The van der Waals surface area contributed by atoms with E-state index < -0.39 is 24.3 Å². The van der Waals surface area contributed by atoms with E-state index in [1.165, 1.54) is 25.6 Å². The number of H-pyrrole nitrogens is 2. The Morgan fingerprint density at radius 1 is 0.804 bits per heavy atom. The van der Waals surface area contributed by atoms with Crippen molar-refractivity contribution < 1.29 is 28.7 Å². The number of hydrogen-bond donors (Lipinski definition) is 4. The summed E-state index contributed by atoms with van der Waals surface area (Å²) in [6.07, 6.45) is 5.29. The number of carbonyl (C=O) groups is 4. The molecule has 14 nitrogen and oxygen atoms in total. The fraction of sp³-hybridized carbons (Fsp3) is 0.500. The molecule has 2 aliphatic heterocycles. The van der Waals surface area contributed by atoms with E-state index in [1.54, 1.807) is 22.2 Å². The van der Waals surface area contributed by atoms with Crippen LogP contribution in [0, 0.1) is 35.5 Å². The third-order valence-electron chi connectivity index (χ3n) is 8.99. The Kier molecular flexibility index (Phi) is 12.1. The summed E-state index contributed by atoms with van der Waals surface area (Å²) in [5, 5.41) is 5.33. The molecule has 3 unspecified atom stereocenters. The lowest BCUT2D eigenvalue weighted by Crippen LogP contribution is -2.51. The van der Waals surface area contributed by atoms with Gasteiger partial charge < -0.3 is 39.9 Å². The zero-order valence-electron chi connectivity index (χ0n) is 29.7. The number of nitrogens with one attached hydrogen (secondary N) is 4. The van der Waals surface area contributed by atoms with Crippen molar-refractivity contribution in [3.8, 4) is 34.3 Å². The Balaban J connectivity index is 1.21. The van der Waals surface area contributed by atoms with Gasteiger partial charge in [0.2, 0.25) is 11.8 Å². The Labute approximate surface area is 301 Å². The van der Waals surface area contributed by atoms with Crippen LogP contribution in [0.25, 0.3) is 10.6 Å². The molecular weight excluding hydrogens is 673 g/mol. The monoisotopic (exact) mass is 716 g/mol. The van der Waals surface area contributed by atoms with E-state index in [1.807, 2.05) is 39.8 Å². The molecule has 5 heterocycles. The Hall–Kier alpha value is -5.28. The Morgan fingerprint density at radius 3 is 1.88 bits per heavy atom. The van der Waals surface area contributed by atoms with E-state index in [0.29, 0.717) is 30.4 Å². The molecule has 2 fully saturated rings. The van der Waals surface area contributed by atoms with Crippen molar-refractivity contribution in [1.29, 1.82) is 0 Å². The summed E-state index contributed by atoms with van der Waals surface area (Å²) in [7, 11) is 2.55. The van der Waals surface area contributed by atoms with Gasteiger partial charge in [0.15, 0.2) is 0 Å². The van der Waals surface area contributed by atoms with Crippen LogP contribution in [0.5, 0.6) is 0 Å². The van der Waals surface area contributed by atoms with Gasteiger partial charge in [-0.1, -0.05) is 27.7 Å². The number of methoxy groups -OCH3 is 2. The highest BCUT2D eigenvalue weighted by molar-refractivity contribution is 7.16. The number of nitrogens with zero attached hydrogens (tertiary/aromatic N) is 4. The van der Waals surface area contributed by atoms with E-state index in [2.05, 4.69) is 54.3 Å². The number of carbonyl (C=O) groups excluding carboxylic acids is 4. The number of aromatic amines is 2. The lowest BCUT2D eigenvalue weighted by atomic mass is 10.0. The highest BCUT2D eigenvalue weighted by Crippen LogP contribution is 2.34. The molecule has 0 aliphatic carbocycles. The molecule has 51 heavy (non-hydrogen) atoms. The predicted molar refractivity (Wildman–Crippen MR) is 190 cm³/mol. The van der Waals surface area contributed by atoms with Gasteiger partial charge >= 0.3 is 12.2 Å². The average Bonchev–Trinajstić information content (AvgIpc) is 3.95. The molecule has 5 rings (SSSR count). The van der Waals surface area contributed by atoms with Gasteiger partial charge in [0.1, 0.15) is 29.4 Å². The van der Waals surface area contributed by atoms with Crippen LogP contribution < -0.4 is 10.6 Å². The molecule has 4 N–H and O–H groups in total. The van der Waals surface area contributed by atoms with Gasteiger partial charge in [-0.3, -0.25) is 9.59 Å². The molecule has 4 amide bonds. The summed E-state index contributed by atoms with van der Waals surface area (Å²) in [6.45, 7) is 8.68. The first kappa shape index (κ1) is 37.0. The maximum atomic E-state index is 13.5. The molecule has 2 saturated heterocycles. The number of hydrogen-bond acceptors (Lipinski definition) is 9. The second kappa shape index (κ2) is 16.6. The Bertz CT molecular complexity index is 1860.